The fourth-order valence-electron chi connectivity index (χ4n) is 4.19. The lowest BCUT2D eigenvalue weighted by atomic mass is 10.00. The maximum absolute atomic E-state index is 13.0. The first-order valence-corrected chi connectivity index (χ1v) is 11.2. The number of ether oxygens (including phenoxy) is 1. The summed E-state index contributed by atoms with van der Waals surface area (Å²) in [5, 5.41) is 17.2. The van der Waals surface area contributed by atoms with Crippen LogP contribution in [0.4, 0.5) is 0 Å². The molecule has 0 unspecified atom stereocenters. The zero-order valence-electron chi connectivity index (χ0n) is 19.1. The van der Waals surface area contributed by atoms with Crippen molar-refractivity contribution in [2.75, 3.05) is 6.61 Å². The Labute approximate surface area is 192 Å². The smallest absolute Gasteiger partial charge is 0.339 e. The molecule has 1 amide bonds. The third-order valence-electron chi connectivity index (χ3n) is 6.01. The second-order valence-corrected chi connectivity index (χ2v) is 8.87. The average Bonchev–Trinajstić information content (AvgIpc) is 3.45. The van der Waals surface area contributed by atoms with Crippen LogP contribution in [-0.2, 0) is 9.53 Å². The second-order valence-electron chi connectivity index (χ2n) is 8.87. The molecule has 1 saturated carbocycles. The van der Waals surface area contributed by atoms with Crippen molar-refractivity contribution in [2.45, 2.75) is 58.0 Å². The van der Waals surface area contributed by atoms with Crippen molar-refractivity contribution in [3.05, 3.63) is 47.7 Å². The van der Waals surface area contributed by atoms with Gasteiger partial charge in [0.25, 0.3) is 5.91 Å². The van der Waals surface area contributed by atoms with Crippen molar-refractivity contribution in [1.82, 2.24) is 20.1 Å². The second kappa shape index (κ2) is 9.02. The number of pyridine rings is 1. The summed E-state index contributed by atoms with van der Waals surface area (Å²) >= 11 is 0. The van der Waals surface area contributed by atoms with Gasteiger partial charge in [0, 0.05) is 11.6 Å². The molecule has 1 aliphatic rings. The van der Waals surface area contributed by atoms with Gasteiger partial charge in [0.1, 0.15) is 5.54 Å². The number of esters is 1. The van der Waals surface area contributed by atoms with Gasteiger partial charge in [-0.25, -0.2) is 14.5 Å². The van der Waals surface area contributed by atoms with Crippen molar-refractivity contribution in [3.8, 4) is 17.3 Å². The molecule has 3 aromatic rings. The number of hydrogen-bond donors (Lipinski definition) is 1. The summed E-state index contributed by atoms with van der Waals surface area (Å²) in [4.78, 5) is 30.2. The normalized spacial score (nSPS) is 14.9. The van der Waals surface area contributed by atoms with Crippen molar-refractivity contribution in [3.63, 3.8) is 0 Å². The summed E-state index contributed by atoms with van der Waals surface area (Å²) < 4.78 is 7.11. The van der Waals surface area contributed by atoms with Gasteiger partial charge in [0.05, 0.1) is 28.9 Å². The van der Waals surface area contributed by atoms with E-state index in [2.05, 4.69) is 16.5 Å². The molecule has 2 aromatic heterocycles. The van der Waals surface area contributed by atoms with E-state index in [1.165, 1.54) is 0 Å². The lowest BCUT2D eigenvalue weighted by molar-refractivity contribution is -0.125. The Morgan fingerprint density at radius 2 is 1.94 bits per heavy atom. The summed E-state index contributed by atoms with van der Waals surface area (Å²) in [5.41, 5.74) is 2.62. The molecule has 2 heterocycles. The standard InChI is InChI=1S/C25H27N5O3/c1-16(2)30-23-20(13-27-30)19(12-21(28-23)18-8-6-17(3)7-9-18)24(32)33-14-22(31)29-25(15-26)10-4-5-11-25/h6-9,12-13,16H,4-5,10-11,14H2,1-3H3,(H,29,31). The molecular formula is C25H27N5O3. The van der Waals surface area contributed by atoms with E-state index in [0.717, 1.165) is 24.0 Å². The molecular weight excluding hydrogens is 418 g/mol. The van der Waals surface area contributed by atoms with Crippen LogP contribution in [0.15, 0.2) is 36.5 Å². The van der Waals surface area contributed by atoms with Gasteiger partial charge < -0.3 is 10.1 Å². The number of carbonyl (C=O) groups is 2. The fourth-order valence-corrected chi connectivity index (χ4v) is 4.19. The first-order valence-electron chi connectivity index (χ1n) is 11.2. The highest BCUT2D eigenvalue weighted by atomic mass is 16.5. The number of rotatable bonds is 6. The number of aromatic nitrogens is 3. The molecule has 8 nitrogen and oxygen atoms in total. The molecule has 1 fully saturated rings. The van der Waals surface area contributed by atoms with Gasteiger partial charge in [-0.05, 0) is 52.5 Å². The van der Waals surface area contributed by atoms with E-state index < -0.39 is 24.0 Å². The van der Waals surface area contributed by atoms with Gasteiger partial charge >= 0.3 is 5.97 Å². The van der Waals surface area contributed by atoms with Crippen LogP contribution in [0.2, 0.25) is 0 Å². The van der Waals surface area contributed by atoms with Crippen LogP contribution < -0.4 is 5.32 Å². The van der Waals surface area contributed by atoms with Gasteiger partial charge in [-0.3, -0.25) is 4.79 Å². The molecule has 8 heteroatoms. The molecule has 4 rings (SSSR count). The average molecular weight is 446 g/mol. The number of nitrogens with one attached hydrogen (secondary N) is 1. The van der Waals surface area contributed by atoms with Gasteiger partial charge in [0.2, 0.25) is 0 Å². The first-order chi connectivity index (χ1) is 15.8. The predicted molar refractivity (Wildman–Crippen MR) is 123 cm³/mol. The molecule has 1 aromatic carbocycles. The van der Waals surface area contributed by atoms with Crippen molar-refractivity contribution >= 4 is 22.9 Å². The molecule has 0 bridgehead atoms. The summed E-state index contributed by atoms with van der Waals surface area (Å²) in [5.74, 6) is -1.11. The Balaban J connectivity index is 1.61. The molecule has 0 spiro atoms. The molecule has 170 valence electrons. The van der Waals surface area contributed by atoms with Crippen LogP contribution in [0.25, 0.3) is 22.3 Å². The summed E-state index contributed by atoms with van der Waals surface area (Å²) in [6.07, 6.45) is 4.61. The molecule has 0 saturated heterocycles. The van der Waals surface area contributed by atoms with E-state index >= 15 is 0 Å². The number of fused-ring (bicyclic) bond motifs is 1. The number of hydrogen-bond acceptors (Lipinski definition) is 6. The zero-order chi connectivity index (χ0) is 23.6. The molecule has 0 aliphatic heterocycles. The fraction of sp³-hybridized carbons (Fsp3) is 0.400. The van der Waals surface area contributed by atoms with Crippen LogP contribution in [0.3, 0.4) is 0 Å². The minimum atomic E-state index is -0.857. The Kier molecular flexibility index (Phi) is 6.14. The quantitative estimate of drug-likeness (QED) is 0.572. The maximum atomic E-state index is 13.0. The van der Waals surface area contributed by atoms with E-state index in [-0.39, 0.29) is 6.04 Å². The Morgan fingerprint density at radius 3 is 2.58 bits per heavy atom. The van der Waals surface area contributed by atoms with Gasteiger partial charge in [-0.1, -0.05) is 29.8 Å². The number of nitriles is 1. The van der Waals surface area contributed by atoms with Crippen LogP contribution >= 0.6 is 0 Å². The monoisotopic (exact) mass is 445 g/mol. The summed E-state index contributed by atoms with van der Waals surface area (Å²) in [7, 11) is 0. The van der Waals surface area contributed by atoms with E-state index in [0.29, 0.717) is 35.1 Å². The Bertz CT molecular complexity index is 1230. The molecule has 0 atom stereocenters. The van der Waals surface area contributed by atoms with E-state index in [9.17, 15) is 14.9 Å². The Morgan fingerprint density at radius 1 is 1.24 bits per heavy atom. The number of aryl methyl sites for hydroxylation is 1. The van der Waals surface area contributed by atoms with Crippen molar-refractivity contribution in [1.29, 1.82) is 5.26 Å². The molecule has 1 N–H and O–H groups in total. The van der Waals surface area contributed by atoms with E-state index in [1.54, 1.807) is 16.9 Å². The topological polar surface area (TPSA) is 110 Å². The maximum Gasteiger partial charge on any atom is 0.339 e. The third kappa shape index (κ3) is 4.58. The zero-order valence-corrected chi connectivity index (χ0v) is 19.1. The largest absolute Gasteiger partial charge is 0.452 e. The first kappa shape index (κ1) is 22.5. The highest BCUT2D eigenvalue weighted by Crippen LogP contribution is 2.29. The number of nitrogens with zero attached hydrogens (tertiary/aromatic N) is 4. The Hall–Kier alpha value is -3.73. The number of carbonyl (C=O) groups excluding carboxylic acids is 2. The highest BCUT2D eigenvalue weighted by molar-refractivity contribution is 6.04. The molecule has 0 radical (unpaired) electrons. The van der Waals surface area contributed by atoms with E-state index in [1.807, 2.05) is 45.0 Å². The van der Waals surface area contributed by atoms with Crippen LogP contribution in [0, 0.1) is 18.3 Å². The lowest BCUT2D eigenvalue weighted by Crippen LogP contribution is -2.46. The van der Waals surface area contributed by atoms with Gasteiger partial charge in [-0.2, -0.15) is 10.4 Å². The molecule has 1 aliphatic carbocycles. The summed E-state index contributed by atoms with van der Waals surface area (Å²) in [6.45, 7) is 5.53. The molecule has 33 heavy (non-hydrogen) atoms. The summed E-state index contributed by atoms with van der Waals surface area (Å²) in [6, 6.07) is 11.8. The van der Waals surface area contributed by atoms with Crippen LogP contribution in [0.1, 0.15) is 61.5 Å². The van der Waals surface area contributed by atoms with Crippen molar-refractivity contribution in [2.24, 2.45) is 0 Å². The van der Waals surface area contributed by atoms with E-state index in [4.69, 9.17) is 9.72 Å². The predicted octanol–water partition coefficient (Wildman–Crippen LogP) is 4.10. The van der Waals surface area contributed by atoms with Gasteiger partial charge in [0.15, 0.2) is 12.3 Å². The lowest BCUT2D eigenvalue weighted by Gasteiger charge is -2.21. The minimum absolute atomic E-state index is 0.0477. The van der Waals surface area contributed by atoms with Crippen LogP contribution in [-0.4, -0.2) is 38.8 Å². The third-order valence-corrected chi connectivity index (χ3v) is 6.01. The minimum Gasteiger partial charge on any atom is -0.452 e. The van der Waals surface area contributed by atoms with Crippen LogP contribution in [0.5, 0.6) is 0 Å². The number of benzene rings is 1. The SMILES string of the molecule is Cc1ccc(-c2cc(C(=O)OCC(=O)NC3(C#N)CCCC3)c3cnn(C(C)C)c3n2)cc1. The van der Waals surface area contributed by atoms with Crippen molar-refractivity contribution < 1.29 is 14.3 Å². The van der Waals surface area contributed by atoms with Gasteiger partial charge in [-0.15, -0.1) is 0 Å². The highest BCUT2D eigenvalue weighted by Gasteiger charge is 2.35. The number of amides is 1.